The van der Waals surface area contributed by atoms with Crippen LogP contribution < -0.4 is 0 Å². The van der Waals surface area contributed by atoms with Crippen molar-refractivity contribution in [2.24, 2.45) is 0 Å². The molecule has 0 spiro atoms. The zero-order chi connectivity index (χ0) is 20.2. The molecule has 0 radical (unpaired) electrons. The van der Waals surface area contributed by atoms with Crippen molar-refractivity contribution in [1.29, 1.82) is 0 Å². The standard InChI is InChI=1S/C20H21N5O3S/c1-14-2-4-15(5-3-14)20-21-23-25(22-20)13-17(26)18-7-6-16(29-18)12-19(27)24-8-10-28-11-9-24/h2-7H,8-13H2,1H3. The molecule has 0 unspecified atom stereocenters. The van der Waals surface area contributed by atoms with Crippen LogP contribution in [-0.4, -0.2) is 63.1 Å². The number of amides is 1. The molecule has 4 rings (SSSR count). The number of hydrogen-bond donors (Lipinski definition) is 0. The molecule has 2 aromatic heterocycles. The highest BCUT2D eigenvalue weighted by Crippen LogP contribution is 2.20. The van der Waals surface area contributed by atoms with Crippen molar-refractivity contribution in [2.75, 3.05) is 26.3 Å². The fourth-order valence-corrected chi connectivity index (χ4v) is 3.96. The monoisotopic (exact) mass is 411 g/mol. The Kier molecular flexibility index (Phi) is 5.77. The first-order valence-corrected chi connectivity index (χ1v) is 10.2. The van der Waals surface area contributed by atoms with E-state index in [1.54, 1.807) is 11.0 Å². The number of carbonyl (C=O) groups is 2. The molecule has 1 fully saturated rings. The lowest BCUT2D eigenvalue weighted by Crippen LogP contribution is -2.41. The second-order valence-corrected chi connectivity index (χ2v) is 8.04. The van der Waals surface area contributed by atoms with E-state index in [1.807, 2.05) is 37.3 Å². The van der Waals surface area contributed by atoms with Crippen LogP contribution in [0.5, 0.6) is 0 Å². The van der Waals surface area contributed by atoms with Gasteiger partial charge in [-0.3, -0.25) is 9.59 Å². The summed E-state index contributed by atoms with van der Waals surface area (Å²) >= 11 is 1.34. The average Bonchev–Trinajstić information content (AvgIpc) is 3.39. The van der Waals surface area contributed by atoms with Crippen molar-refractivity contribution < 1.29 is 14.3 Å². The molecule has 1 amide bonds. The number of ether oxygens (including phenoxy) is 1. The fraction of sp³-hybridized carbons (Fsp3) is 0.350. The smallest absolute Gasteiger partial charge is 0.227 e. The molecule has 1 aliphatic rings. The molecular formula is C20H21N5O3S. The van der Waals surface area contributed by atoms with Crippen LogP contribution in [0.2, 0.25) is 0 Å². The number of tetrazole rings is 1. The van der Waals surface area contributed by atoms with Gasteiger partial charge in [-0.2, -0.15) is 4.80 Å². The van der Waals surface area contributed by atoms with E-state index < -0.39 is 0 Å². The van der Waals surface area contributed by atoms with Crippen LogP contribution in [0.1, 0.15) is 20.1 Å². The third-order valence-electron chi connectivity index (χ3n) is 4.67. The Bertz CT molecular complexity index is 1010. The summed E-state index contributed by atoms with van der Waals surface area (Å²) in [4.78, 5) is 29.5. The number of ketones is 1. The maximum absolute atomic E-state index is 12.6. The van der Waals surface area contributed by atoms with E-state index in [4.69, 9.17) is 4.74 Å². The summed E-state index contributed by atoms with van der Waals surface area (Å²) in [6.45, 7) is 4.42. The molecule has 3 heterocycles. The Balaban J connectivity index is 1.37. The van der Waals surface area contributed by atoms with E-state index in [1.165, 1.54) is 16.1 Å². The second-order valence-electron chi connectivity index (χ2n) is 6.87. The van der Waals surface area contributed by atoms with Gasteiger partial charge in [0.05, 0.1) is 24.5 Å². The van der Waals surface area contributed by atoms with Gasteiger partial charge in [0.2, 0.25) is 11.7 Å². The van der Waals surface area contributed by atoms with Gasteiger partial charge in [0, 0.05) is 23.5 Å². The van der Waals surface area contributed by atoms with Crippen LogP contribution >= 0.6 is 11.3 Å². The quantitative estimate of drug-likeness (QED) is 0.576. The van der Waals surface area contributed by atoms with Gasteiger partial charge in [-0.1, -0.05) is 29.8 Å². The number of nitrogens with zero attached hydrogens (tertiary/aromatic N) is 5. The van der Waals surface area contributed by atoms with Crippen molar-refractivity contribution in [2.45, 2.75) is 19.9 Å². The summed E-state index contributed by atoms with van der Waals surface area (Å²) in [5.74, 6) is 0.448. The Morgan fingerprint density at radius 3 is 2.62 bits per heavy atom. The number of benzene rings is 1. The van der Waals surface area contributed by atoms with Crippen molar-refractivity contribution >= 4 is 23.0 Å². The highest BCUT2D eigenvalue weighted by atomic mass is 32.1. The number of morpholine rings is 1. The SMILES string of the molecule is Cc1ccc(-c2nnn(CC(=O)c3ccc(CC(=O)N4CCOCC4)s3)n2)cc1. The number of thiophene rings is 1. The van der Waals surface area contributed by atoms with Gasteiger partial charge in [0.15, 0.2) is 5.78 Å². The largest absolute Gasteiger partial charge is 0.378 e. The van der Waals surface area contributed by atoms with E-state index in [0.717, 1.165) is 16.0 Å². The van der Waals surface area contributed by atoms with Crippen LogP contribution in [0.15, 0.2) is 36.4 Å². The molecule has 0 saturated carbocycles. The normalized spacial score (nSPS) is 14.2. The maximum atomic E-state index is 12.6. The molecule has 150 valence electrons. The lowest BCUT2D eigenvalue weighted by Gasteiger charge is -2.26. The first kappa shape index (κ1) is 19.4. The molecule has 9 heteroatoms. The Morgan fingerprint density at radius 2 is 1.86 bits per heavy atom. The van der Waals surface area contributed by atoms with Gasteiger partial charge < -0.3 is 9.64 Å². The topological polar surface area (TPSA) is 90.2 Å². The van der Waals surface area contributed by atoms with Crippen molar-refractivity contribution in [3.63, 3.8) is 0 Å². The van der Waals surface area contributed by atoms with Gasteiger partial charge >= 0.3 is 0 Å². The Morgan fingerprint density at radius 1 is 1.10 bits per heavy atom. The van der Waals surface area contributed by atoms with Gasteiger partial charge in [0.1, 0.15) is 6.54 Å². The van der Waals surface area contributed by atoms with Crippen LogP contribution in [0.4, 0.5) is 0 Å². The number of hydrogen-bond acceptors (Lipinski definition) is 7. The zero-order valence-electron chi connectivity index (χ0n) is 16.1. The molecule has 3 aromatic rings. The van der Waals surface area contributed by atoms with E-state index in [0.29, 0.717) is 43.4 Å². The third kappa shape index (κ3) is 4.75. The minimum atomic E-state index is -0.104. The lowest BCUT2D eigenvalue weighted by molar-refractivity contribution is -0.134. The lowest BCUT2D eigenvalue weighted by atomic mass is 10.1. The van der Waals surface area contributed by atoms with Crippen LogP contribution in [0.3, 0.4) is 0 Å². The third-order valence-corrected chi connectivity index (χ3v) is 5.80. The first-order valence-electron chi connectivity index (χ1n) is 9.41. The number of Topliss-reactive ketones (excluding diaryl/α,β-unsaturated/α-hetero) is 1. The van der Waals surface area contributed by atoms with E-state index in [2.05, 4.69) is 15.4 Å². The highest BCUT2D eigenvalue weighted by molar-refractivity contribution is 7.14. The molecule has 1 aliphatic heterocycles. The van der Waals surface area contributed by atoms with E-state index in [-0.39, 0.29) is 18.2 Å². The van der Waals surface area contributed by atoms with Crippen LogP contribution in [0, 0.1) is 6.92 Å². The molecule has 1 saturated heterocycles. The predicted molar refractivity (Wildman–Crippen MR) is 108 cm³/mol. The van der Waals surface area contributed by atoms with Crippen LogP contribution in [-0.2, 0) is 22.5 Å². The van der Waals surface area contributed by atoms with E-state index in [9.17, 15) is 9.59 Å². The summed E-state index contributed by atoms with van der Waals surface area (Å²) in [5, 5.41) is 12.3. The van der Waals surface area contributed by atoms with Crippen molar-refractivity contribution in [3.8, 4) is 11.4 Å². The van der Waals surface area contributed by atoms with Gasteiger partial charge in [-0.05, 0) is 24.3 Å². The van der Waals surface area contributed by atoms with E-state index >= 15 is 0 Å². The van der Waals surface area contributed by atoms with Gasteiger partial charge in [-0.15, -0.1) is 21.5 Å². The molecular weight excluding hydrogens is 390 g/mol. The molecule has 1 aromatic carbocycles. The highest BCUT2D eigenvalue weighted by Gasteiger charge is 2.19. The second kappa shape index (κ2) is 8.62. The summed E-state index contributed by atoms with van der Waals surface area (Å²) in [7, 11) is 0. The summed E-state index contributed by atoms with van der Waals surface area (Å²) in [6.07, 6.45) is 0.303. The predicted octanol–water partition coefficient (Wildman–Crippen LogP) is 1.99. The molecule has 0 atom stereocenters. The number of carbonyl (C=O) groups excluding carboxylic acids is 2. The number of aromatic nitrogens is 4. The summed E-state index contributed by atoms with van der Waals surface area (Å²) in [6, 6.07) is 11.4. The van der Waals surface area contributed by atoms with Crippen molar-refractivity contribution in [1.82, 2.24) is 25.1 Å². The Labute approximate surface area is 172 Å². The summed E-state index contributed by atoms with van der Waals surface area (Å²) < 4.78 is 5.27. The molecule has 8 nitrogen and oxygen atoms in total. The minimum Gasteiger partial charge on any atom is -0.378 e. The van der Waals surface area contributed by atoms with Crippen molar-refractivity contribution in [3.05, 3.63) is 51.7 Å². The first-order chi connectivity index (χ1) is 14.1. The molecule has 0 N–H and O–H groups in total. The average molecular weight is 411 g/mol. The number of rotatable bonds is 6. The fourth-order valence-electron chi connectivity index (χ4n) is 3.03. The van der Waals surface area contributed by atoms with Crippen LogP contribution in [0.25, 0.3) is 11.4 Å². The minimum absolute atomic E-state index is 0.0101. The molecule has 29 heavy (non-hydrogen) atoms. The van der Waals surface area contributed by atoms with Gasteiger partial charge in [0.25, 0.3) is 0 Å². The number of aryl methyl sites for hydroxylation is 1. The zero-order valence-corrected chi connectivity index (χ0v) is 16.9. The summed E-state index contributed by atoms with van der Waals surface area (Å²) in [5.41, 5.74) is 2.01. The molecule has 0 bridgehead atoms. The molecule has 0 aliphatic carbocycles. The van der Waals surface area contributed by atoms with Gasteiger partial charge in [-0.25, -0.2) is 0 Å². The Hall–Kier alpha value is -2.91. The maximum Gasteiger partial charge on any atom is 0.227 e.